The van der Waals surface area contributed by atoms with Crippen molar-refractivity contribution >= 4 is 17.2 Å². The Morgan fingerprint density at radius 1 is 0.724 bits per heavy atom. The summed E-state index contributed by atoms with van der Waals surface area (Å²) in [5.41, 5.74) is 3.68. The van der Waals surface area contributed by atoms with Crippen molar-refractivity contribution in [2.75, 3.05) is 9.91 Å². The van der Waals surface area contributed by atoms with Crippen molar-refractivity contribution in [3.05, 3.63) is 96.6 Å². The molecule has 0 radical (unpaired) electrons. The molecule has 0 aromatic heterocycles. The van der Waals surface area contributed by atoms with Gasteiger partial charge in [-0.15, -0.1) is 0 Å². The van der Waals surface area contributed by atoms with E-state index >= 15 is 0 Å². The second-order valence-electron chi connectivity index (χ2n) is 8.41. The molecule has 0 N–H and O–H groups in total. The van der Waals surface area contributed by atoms with Crippen molar-refractivity contribution in [1.82, 2.24) is 0 Å². The van der Waals surface area contributed by atoms with Gasteiger partial charge in [0.15, 0.2) is 5.84 Å². The predicted molar refractivity (Wildman–Crippen MR) is 121 cm³/mol. The van der Waals surface area contributed by atoms with E-state index in [4.69, 9.17) is 5.10 Å². The summed E-state index contributed by atoms with van der Waals surface area (Å²) in [6, 6.07) is 32.0. The van der Waals surface area contributed by atoms with Gasteiger partial charge in [0.1, 0.15) is 6.17 Å². The number of anilines is 2. The molecule has 1 atom stereocenters. The summed E-state index contributed by atoms with van der Waals surface area (Å²) in [6.07, 6.45) is 5.19. The van der Waals surface area contributed by atoms with Crippen LogP contribution in [-0.2, 0) is 0 Å². The van der Waals surface area contributed by atoms with Crippen LogP contribution in [0.25, 0.3) is 0 Å². The van der Waals surface area contributed by atoms with E-state index in [1.807, 2.05) is 0 Å². The number of amidine groups is 1. The average molecular weight is 382 g/mol. The first kappa shape index (κ1) is 18.0. The Morgan fingerprint density at radius 2 is 1.24 bits per heavy atom. The van der Waals surface area contributed by atoms with Gasteiger partial charge >= 0.3 is 0 Å². The van der Waals surface area contributed by atoms with Gasteiger partial charge in [-0.25, -0.2) is 5.01 Å². The Kier molecular flexibility index (Phi) is 4.59. The van der Waals surface area contributed by atoms with Crippen LogP contribution in [0.1, 0.15) is 38.2 Å². The van der Waals surface area contributed by atoms with E-state index in [9.17, 15) is 0 Å². The van der Waals surface area contributed by atoms with Gasteiger partial charge in [-0.3, -0.25) is 0 Å². The molecule has 0 bridgehead atoms. The normalized spacial score (nSPS) is 20.7. The van der Waals surface area contributed by atoms with Gasteiger partial charge in [-0.05, 0) is 37.1 Å². The summed E-state index contributed by atoms with van der Waals surface area (Å²) in [5.74, 6) is 1.03. The number of para-hydroxylation sites is 2. The topological polar surface area (TPSA) is 18.8 Å². The highest BCUT2D eigenvalue weighted by Crippen LogP contribution is 2.48. The van der Waals surface area contributed by atoms with Crippen LogP contribution in [-0.4, -0.2) is 12.0 Å². The van der Waals surface area contributed by atoms with E-state index in [2.05, 4.69) is 108 Å². The predicted octanol–water partition coefficient (Wildman–Crippen LogP) is 6.28. The summed E-state index contributed by atoms with van der Waals surface area (Å²) in [5, 5.41) is 7.50. The van der Waals surface area contributed by atoms with E-state index in [0.717, 1.165) is 17.1 Å². The molecule has 29 heavy (non-hydrogen) atoms. The number of hydrogen-bond donors (Lipinski definition) is 0. The first-order chi connectivity index (χ1) is 14.3. The molecule has 0 saturated heterocycles. The summed E-state index contributed by atoms with van der Waals surface area (Å²) in [7, 11) is 0. The fraction of sp³-hybridized carbons (Fsp3) is 0.269. The summed E-state index contributed by atoms with van der Waals surface area (Å²) < 4.78 is 0. The SMILES string of the molecule is CC1(C2N(c3ccccc3)N=C(c3ccccc3)N2c2ccccc2)CCCC1. The van der Waals surface area contributed by atoms with E-state index in [0.29, 0.717) is 0 Å². The summed E-state index contributed by atoms with van der Waals surface area (Å²) >= 11 is 0. The molecule has 2 aliphatic rings. The fourth-order valence-electron chi connectivity index (χ4n) is 4.89. The lowest BCUT2D eigenvalue weighted by Gasteiger charge is -2.42. The lowest BCUT2D eigenvalue weighted by atomic mass is 9.83. The average Bonchev–Trinajstić information content (AvgIpc) is 3.41. The van der Waals surface area contributed by atoms with Crippen LogP contribution in [0.2, 0.25) is 0 Å². The third-order valence-electron chi connectivity index (χ3n) is 6.36. The van der Waals surface area contributed by atoms with Crippen molar-refractivity contribution < 1.29 is 0 Å². The lowest BCUT2D eigenvalue weighted by Crippen LogP contribution is -2.52. The largest absolute Gasteiger partial charge is 0.301 e. The van der Waals surface area contributed by atoms with Gasteiger partial charge in [0.05, 0.1) is 5.69 Å². The summed E-state index contributed by atoms with van der Waals surface area (Å²) in [4.78, 5) is 2.47. The van der Waals surface area contributed by atoms with Crippen molar-refractivity contribution in [3.8, 4) is 0 Å². The second-order valence-corrected chi connectivity index (χ2v) is 8.41. The minimum Gasteiger partial charge on any atom is -0.301 e. The Bertz CT molecular complexity index is 976. The van der Waals surface area contributed by atoms with Crippen LogP contribution in [0.3, 0.4) is 0 Å². The molecule has 1 aliphatic carbocycles. The highest BCUT2D eigenvalue weighted by Gasteiger charge is 2.49. The van der Waals surface area contributed by atoms with Crippen LogP contribution in [0.4, 0.5) is 11.4 Å². The number of rotatable bonds is 4. The van der Waals surface area contributed by atoms with Crippen LogP contribution >= 0.6 is 0 Å². The van der Waals surface area contributed by atoms with E-state index < -0.39 is 0 Å². The quantitative estimate of drug-likeness (QED) is 0.529. The lowest BCUT2D eigenvalue weighted by molar-refractivity contribution is 0.264. The van der Waals surface area contributed by atoms with Crippen LogP contribution in [0, 0.1) is 5.41 Å². The minimum atomic E-state index is 0.157. The monoisotopic (exact) mass is 381 g/mol. The van der Waals surface area contributed by atoms with Gasteiger partial charge in [0, 0.05) is 16.7 Å². The molecule has 1 saturated carbocycles. The minimum absolute atomic E-state index is 0.157. The molecule has 1 aliphatic heterocycles. The smallest absolute Gasteiger partial charge is 0.162 e. The number of nitrogens with zero attached hydrogens (tertiary/aromatic N) is 3. The Balaban J connectivity index is 1.70. The van der Waals surface area contributed by atoms with Gasteiger partial charge in [-0.2, -0.15) is 5.10 Å². The highest BCUT2D eigenvalue weighted by atomic mass is 15.6. The van der Waals surface area contributed by atoms with Gasteiger partial charge in [-0.1, -0.05) is 86.5 Å². The zero-order chi connectivity index (χ0) is 19.7. The third kappa shape index (κ3) is 3.21. The van der Waals surface area contributed by atoms with Gasteiger partial charge < -0.3 is 4.90 Å². The van der Waals surface area contributed by atoms with Crippen molar-refractivity contribution in [1.29, 1.82) is 0 Å². The first-order valence-electron chi connectivity index (χ1n) is 10.6. The van der Waals surface area contributed by atoms with Gasteiger partial charge in [0.25, 0.3) is 0 Å². The fourth-order valence-corrected chi connectivity index (χ4v) is 4.89. The summed E-state index contributed by atoms with van der Waals surface area (Å²) in [6.45, 7) is 2.44. The van der Waals surface area contributed by atoms with Crippen LogP contribution < -0.4 is 9.91 Å². The zero-order valence-corrected chi connectivity index (χ0v) is 16.9. The number of hydrazone groups is 1. The first-order valence-corrected chi connectivity index (χ1v) is 10.6. The molecule has 3 aromatic rings. The van der Waals surface area contributed by atoms with Gasteiger partial charge in [0.2, 0.25) is 0 Å². The highest BCUT2D eigenvalue weighted by molar-refractivity contribution is 6.12. The van der Waals surface area contributed by atoms with Crippen molar-refractivity contribution in [2.45, 2.75) is 38.8 Å². The molecular weight excluding hydrogens is 354 g/mol. The maximum Gasteiger partial charge on any atom is 0.162 e. The maximum absolute atomic E-state index is 5.23. The van der Waals surface area contributed by atoms with Crippen molar-refractivity contribution in [3.63, 3.8) is 0 Å². The molecule has 3 heteroatoms. The maximum atomic E-state index is 5.23. The molecule has 5 rings (SSSR count). The van der Waals surface area contributed by atoms with E-state index in [1.54, 1.807) is 0 Å². The second kappa shape index (κ2) is 7.40. The molecule has 146 valence electrons. The molecule has 3 nitrogen and oxygen atoms in total. The molecule has 3 aromatic carbocycles. The van der Waals surface area contributed by atoms with E-state index in [-0.39, 0.29) is 11.6 Å². The third-order valence-corrected chi connectivity index (χ3v) is 6.36. The van der Waals surface area contributed by atoms with Crippen LogP contribution in [0.5, 0.6) is 0 Å². The molecule has 1 heterocycles. The molecule has 1 fully saturated rings. The Labute approximate surface area is 173 Å². The zero-order valence-electron chi connectivity index (χ0n) is 16.9. The Hall–Kier alpha value is -3.07. The Morgan fingerprint density at radius 3 is 1.83 bits per heavy atom. The van der Waals surface area contributed by atoms with Crippen molar-refractivity contribution in [2.24, 2.45) is 10.5 Å². The molecular formula is C26H27N3. The number of benzene rings is 3. The molecule has 0 amide bonds. The van der Waals surface area contributed by atoms with Crippen LogP contribution in [0.15, 0.2) is 96.1 Å². The number of hydrogen-bond acceptors (Lipinski definition) is 3. The standard InChI is InChI=1S/C26H27N3/c1-26(19-11-12-20-26)25-28(22-15-7-3-8-16-22)24(21-13-5-2-6-14-21)27-29(25)23-17-9-4-10-18-23/h2-10,13-18,25H,11-12,19-20H2,1H3. The van der Waals surface area contributed by atoms with E-state index in [1.165, 1.54) is 31.4 Å². The molecule has 1 unspecified atom stereocenters. The molecule has 0 spiro atoms.